The van der Waals surface area contributed by atoms with Crippen molar-refractivity contribution in [2.24, 2.45) is 0 Å². The molecule has 0 saturated carbocycles. The summed E-state index contributed by atoms with van der Waals surface area (Å²) in [6.45, 7) is 0. The van der Waals surface area contributed by atoms with Crippen molar-refractivity contribution in [3.63, 3.8) is 0 Å². The first-order chi connectivity index (χ1) is 1.73. The molecule has 0 spiro atoms. The van der Waals surface area contributed by atoms with Crippen molar-refractivity contribution < 1.29 is 9.90 Å². The summed E-state index contributed by atoms with van der Waals surface area (Å²) in [4.78, 5) is 8.91. The molecule has 0 heterocycles. The van der Waals surface area contributed by atoms with Crippen LogP contribution in [0.25, 0.3) is 0 Å². The fraction of sp³-hybridized carbons (Fsp3) is 0. The Morgan fingerprint density at radius 2 is 2.00 bits per heavy atom. The lowest BCUT2D eigenvalue weighted by Crippen LogP contribution is -1.65. The van der Waals surface area contributed by atoms with E-state index in [0.717, 1.165) is 0 Å². The summed E-state index contributed by atoms with van der Waals surface area (Å²) < 4.78 is 0. The fourth-order valence-corrected chi connectivity index (χ4v) is 0. The van der Waals surface area contributed by atoms with Gasteiger partial charge in [0.25, 0.3) is 0 Å². The predicted molar refractivity (Wildman–Crippen MR) is 16.3 cm³/mol. The van der Waals surface area contributed by atoms with Crippen LogP contribution in [-0.4, -0.2) is 10.8 Å². The largest absolute Gasteiger partial charge is 0.478 e. The number of hydrogen-bond acceptors (Lipinski definition) is 1. The second-order valence-electron chi connectivity index (χ2n) is 0.305. The Morgan fingerprint density at radius 3 is 2.00 bits per heavy atom. The molecule has 0 saturated heterocycles. The molecule has 0 bridgehead atoms. The van der Waals surface area contributed by atoms with Crippen molar-refractivity contribution in [2.45, 2.75) is 0 Å². The molecule has 0 aromatic heterocycles. The minimum Gasteiger partial charge on any atom is -0.478 e. The Kier molecular flexibility index (Phi) is 1.21. The zero-order valence-corrected chi connectivity index (χ0v) is 2.86. The third kappa shape index (κ3) is 154. The van der Waals surface area contributed by atoms with Crippen LogP contribution in [-0.2, 0) is 0 Å². The van der Waals surface area contributed by atoms with Gasteiger partial charge < -0.3 is 5.11 Å². The molecule has 0 fully saturated rings. The Hall–Kier alpha value is -0.100. The number of hydrogen-bond donors (Lipinski definition) is 1. The predicted octanol–water partition coefficient (Wildman–Crippen LogP) is 0.807. The summed E-state index contributed by atoms with van der Waals surface area (Å²) >= 11 is 0. The van der Waals surface area contributed by atoms with Crippen LogP contribution >= 0.6 is 9.24 Å². The lowest BCUT2D eigenvalue weighted by Gasteiger charge is -1.58. The minimum atomic E-state index is -1.03. The average Bonchev–Trinajstić information content (AvgIpc) is 0.811. The Labute approximate surface area is 26.0 Å². The highest BCUT2D eigenvalue weighted by Crippen LogP contribution is 1.74. The highest BCUT2D eigenvalue weighted by atomic mass is 31.0. The molecule has 23 valence electrons. The van der Waals surface area contributed by atoms with Gasteiger partial charge in [-0.2, -0.15) is 0 Å². The van der Waals surface area contributed by atoms with Gasteiger partial charge in [-0.1, -0.05) is 0 Å². The molecule has 2 nitrogen and oxygen atoms in total. The summed E-state index contributed by atoms with van der Waals surface area (Å²) in [5, 5.41) is 7.33. The van der Waals surface area contributed by atoms with Gasteiger partial charge in [0.2, 0.25) is 0 Å². The number of carboxylic acid groups (broad SMARTS) is 1. The van der Waals surface area contributed by atoms with E-state index in [9.17, 15) is 0 Å². The van der Waals surface area contributed by atoms with E-state index >= 15 is 0 Å². The highest BCUT2D eigenvalue weighted by molar-refractivity contribution is 7.38. The van der Waals surface area contributed by atoms with E-state index in [0.29, 0.717) is 0 Å². The van der Waals surface area contributed by atoms with Gasteiger partial charge in [0, 0.05) is 9.24 Å². The summed E-state index contributed by atoms with van der Waals surface area (Å²) in [6, 6.07) is 0. The third-order valence-electron chi connectivity index (χ3n) is 0. The van der Waals surface area contributed by atoms with E-state index in [1.54, 1.807) is 0 Å². The molecule has 1 N–H and O–H groups in total. The molecular weight excluding hydrogens is 75.0 g/mol. The highest BCUT2D eigenvalue weighted by Gasteiger charge is 1.67. The lowest BCUT2D eigenvalue weighted by atomic mass is 11.6. The van der Waals surface area contributed by atoms with Gasteiger partial charge in [-0.15, -0.1) is 0 Å². The van der Waals surface area contributed by atoms with Crippen molar-refractivity contribution in [2.75, 3.05) is 0 Å². The number of rotatable bonds is 0. The molecule has 1 radical (unpaired) electrons. The Morgan fingerprint density at radius 1 is 2.00 bits per heavy atom. The van der Waals surface area contributed by atoms with Crippen LogP contribution in [0, 0.1) is 0 Å². The Bertz CT molecular complexity index is 29.0. The van der Waals surface area contributed by atoms with Crippen molar-refractivity contribution in [3.8, 4) is 0 Å². The van der Waals surface area contributed by atoms with Crippen LogP contribution in [0.1, 0.15) is 0 Å². The molecule has 0 aliphatic heterocycles. The Balaban J connectivity index is 2.80. The molecule has 0 aromatic carbocycles. The van der Waals surface area contributed by atoms with Gasteiger partial charge in [-0.05, 0) is 0 Å². The van der Waals surface area contributed by atoms with E-state index in [1.807, 2.05) is 0 Å². The van der Waals surface area contributed by atoms with Gasteiger partial charge in [0.1, 0.15) is 0 Å². The quantitative estimate of drug-likeness (QED) is 0.434. The second kappa shape index (κ2) is 1.24. The van der Waals surface area contributed by atoms with Crippen LogP contribution in [0.4, 0.5) is 4.79 Å². The molecule has 0 aliphatic rings. The smallest absolute Gasteiger partial charge is 0.325 e. The molecule has 0 aromatic rings. The molecule has 3 heteroatoms. The third-order valence-corrected chi connectivity index (χ3v) is 0. The van der Waals surface area contributed by atoms with Gasteiger partial charge >= 0.3 is 5.71 Å². The first-order valence-electron chi connectivity index (χ1n) is 0.678. The average molecular weight is 77.0 g/mol. The first-order valence-corrected chi connectivity index (χ1v) is 1.18. The fourth-order valence-electron chi connectivity index (χ4n) is 0. The molecule has 0 rings (SSSR count). The first kappa shape index (κ1) is 3.90. The molecule has 0 unspecified atom stereocenters. The van der Waals surface area contributed by atoms with Crippen molar-refractivity contribution in [1.29, 1.82) is 0 Å². The monoisotopic (exact) mass is 77.0 g/mol. The molecule has 0 atom stereocenters. The van der Waals surface area contributed by atoms with Crippen molar-refractivity contribution >= 4 is 15.0 Å². The van der Waals surface area contributed by atoms with E-state index in [2.05, 4.69) is 9.24 Å². The van der Waals surface area contributed by atoms with Gasteiger partial charge in [-0.3, -0.25) is 0 Å². The lowest BCUT2D eigenvalue weighted by molar-refractivity contribution is 0.222. The van der Waals surface area contributed by atoms with Gasteiger partial charge in [0.05, 0.1) is 0 Å². The maximum absolute atomic E-state index is 8.91. The zero-order chi connectivity index (χ0) is 3.58. The van der Waals surface area contributed by atoms with E-state index in [-0.39, 0.29) is 0 Å². The minimum absolute atomic E-state index is 1.03. The summed E-state index contributed by atoms with van der Waals surface area (Å²) in [7, 11) is 2.23. The molecule has 0 aliphatic carbocycles. The standard InChI is InChI=1S/CH2O2P/c2-1(3)4/h4H,(H,2,3). The summed E-state index contributed by atoms with van der Waals surface area (Å²) in [5.41, 5.74) is -1.03. The van der Waals surface area contributed by atoms with Crippen molar-refractivity contribution in [1.82, 2.24) is 0 Å². The maximum atomic E-state index is 8.91. The van der Waals surface area contributed by atoms with Crippen LogP contribution in [0.5, 0.6) is 0 Å². The topological polar surface area (TPSA) is 37.3 Å². The van der Waals surface area contributed by atoms with Crippen LogP contribution in [0.15, 0.2) is 0 Å². The normalized spacial score (nSPS) is 6.25. The van der Waals surface area contributed by atoms with Crippen LogP contribution in [0.3, 0.4) is 0 Å². The van der Waals surface area contributed by atoms with Crippen molar-refractivity contribution in [3.05, 3.63) is 0 Å². The van der Waals surface area contributed by atoms with Gasteiger partial charge in [0.15, 0.2) is 0 Å². The molecule has 0 amide bonds. The molecular formula is CH2O2P. The van der Waals surface area contributed by atoms with E-state index < -0.39 is 5.71 Å². The van der Waals surface area contributed by atoms with Crippen LogP contribution in [0.2, 0.25) is 0 Å². The van der Waals surface area contributed by atoms with E-state index in [4.69, 9.17) is 9.90 Å². The van der Waals surface area contributed by atoms with Gasteiger partial charge in [-0.25, -0.2) is 4.79 Å². The summed E-state index contributed by atoms with van der Waals surface area (Å²) in [6.07, 6.45) is 0. The number of carbonyl (C=O) groups is 1. The van der Waals surface area contributed by atoms with E-state index in [1.165, 1.54) is 0 Å². The van der Waals surface area contributed by atoms with Crippen LogP contribution < -0.4 is 0 Å². The second-order valence-corrected chi connectivity index (χ2v) is 0.733. The zero-order valence-electron chi connectivity index (χ0n) is 1.86. The maximum Gasteiger partial charge on any atom is 0.325 e. The summed E-state index contributed by atoms with van der Waals surface area (Å²) in [5.74, 6) is 0. The SMILES string of the molecule is O=C(O)[PH]. The molecule has 4 heavy (non-hydrogen) atoms.